The second kappa shape index (κ2) is 4.87. The van der Waals surface area contributed by atoms with Gasteiger partial charge in [0.05, 0.1) is 12.3 Å². The van der Waals surface area contributed by atoms with Gasteiger partial charge in [0.2, 0.25) is 5.16 Å². The number of aliphatic hydroxyl groups excluding tert-OH is 1. The molecule has 0 aromatic carbocycles. The highest BCUT2D eigenvalue weighted by Crippen LogP contribution is 2.29. The van der Waals surface area contributed by atoms with Gasteiger partial charge in [-0.15, -0.1) is 10.2 Å². The maximum absolute atomic E-state index is 9.63. The van der Waals surface area contributed by atoms with Gasteiger partial charge in [0.25, 0.3) is 0 Å². The van der Waals surface area contributed by atoms with Crippen molar-refractivity contribution >= 4 is 23.1 Å². The van der Waals surface area contributed by atoms with E-state index in [9.17, 15) is 5.11 Å². The van der Waals surface area contributed by atoms with Gasteiger partial charge in [-0.05, 0) is 36.0 Å². The molecule has 0 aliphatic carbocycles. The number of fused-ring (bicyclic) bond motifs is 2. The zero-order valence-corrected chi connectivity index (χ0v) is 11.7. The number of aliphatic hydroxyl groups is 1. The summed E-state index contributed by atoms with van der Waals surface area (Å²) in [7, 11) is 0. The summed E-state index contributed by atoms with van der Waals surface area (Å²) in [6, 6.07) is 11.5. The lowest BCUT2D eigenvalue weighted by atomic mass is 10.4. The first-order valence-corrected chi connectivity index (χ1v) is 7.23. The van der Waals surface area contributed by atoms with Crippen LogP contribution in [0, 0.1) is 0 Å². The predicted octanol–water partition coefficient (Wildman–Crippen LogP) is 2.02. The fourth-order valence-electron chi connectivity index (χ4n) is 2.23. The molecule has 0 aliphatic heterocycles. The molecule has 0 amide bonds. The standard InChI is InChI=1S/C14H11N5OS/c20-9-10-13(15-11-5-1-3-7-18(10)11)21-14-17-16-12-6-2-4-8-19(12)14/h1-8,20H,9H2. The molecule has 4 aromatic rings. The zero-order chi connectivity index (χ0) is 14.2. The van der Waals surface area contributed by atoms with E-state index in [0.29, 0.717) is 0 Å². The largest absolute Gasteiger partial charge is 0.390 e. The van der Waals surface area contributed by atoms with Gasteiger partial charge >= 0.3 is 0 Å². The van der Waals surface area contributed by atoms with Crippen LogP contribution in [0.1, 0.15) is 5.69 Å². The zero-order valence-electron chi connectivity index (χ0n) is 10.9. The molecule has 4 heterocycles. The van der Waals surface area contributed by atoms with Crippen LogP contribution < -0.4 is 0 Å². The normalized spacial score (nSPS) is 11.5. The molecule has 0 bridgehead atoms. The number of hydrogen-bond acceptors (Lipinski definition) is 5. The van der Waals surface area contributed by atoms with Crippen molar-refractivity contribution in [2.24, 2.45) is 0 Å². The molecule has 0 unspecified atom stereocenters. The van der Waals surface area contributed by atoms with Crippen molar-refractivity contribution in [1.29, 1.82) is 0 Å². The summed E-state index contributed by atoms with van der Waals surface area (Å²) in [5.74, 6) is 0. The molecule has 0 aliphatic rings. The van der Waals surface area contributed by atoms with E-state index in [1.807, 2.05) is 57.6 Å². The molecular formula is C14H11N5OS. The highest BCUT2D eigenvalue weighted by molar-refractivity contribution is 7.99. The highest BCUT2D eigenvalue weighted by atomic mass is 32.2. The van der Waals surface area contributed by atoms with Crippen LogP contribution in [-0.2, 0) is 6.61 Å². The Kier molecular flexibility index (Phi) is 2.87. The van der Waals surface area contributed by atoms with Gasteiger partial charge in [0.15, 0.2) is 5.65 Å². The quantitative estimate of drug-likeness (QED) is 0.626. The van der Waals surface area contributed by atoms with E-state index < -0.39 is 0 Å². The fourth-order valence-corrected chi connectivity index (χ4v) is 3.15. The fraction of sp³-hybridized carbons (Fsp3) is 0.0714. The van der Waals surface area contributed by atoms with Crippen molar-refractivity contribution in [3.8, 4) is 0 Å². The van der Waals surface area contributed by atoms with Gasteiger partial charge in [0, 0.05) is 12.4 Å². The lowest BCUT2D eigenvalue weighted by Gasteiger charge is -2.00. The van der Waals surface area contributed by atoms with Crippen molar-refractivity contribution in [3.05, 3.63) is 54.5 Å². The van der Waals surface area contributed by atoms with Crippen LogP contribution in [0.2, 0.25) is 0 Å². The first kappa shape index (κ1) is 12.4. The Bertz CT molecular complexity index is 929. The van der Waals surface area contributed by atoms with E-state index >= 15 is 0 Å². The van der Waals surface area contributed by atoms with E-state index in [4.69, 9.17) is 0 Å². The highest BCUT2D eigenvalue weighted by Gasteiger charge is 2.15. The number of imidazole rings is 1. The predicted molar refractivity (Wildman–Crippen MR) is 78.2 cm³/mol. The second-order valence-corrected chi connectivity index (χ2v) is 5.42. The third-order valence-corrected chi connectivity index (χ3v) is 4.19. The Hall–Kier alpha value is -2.38. The lowest BCUT2D eigenvalue weighted by Crippen LogP contribution is -1.93. The lowest BCUT2D eigenvalue weighted by molar-refractivity contribution is 0.272. The van der Waals surface area contributed by atoms with Gasteiger partial charge in [-0.25, -0.2) is 4.98 Å². The van der Waals surface area contributed by atoms with Crippen LogP contribution in [-0.4, -0.2) is 29.1 Å². The van der Waals surface area contributed by atoms with Crippen LogP contribution in [0.25, 0.3) is 11.3 Å². The average molecular weight is 297 g/mol. The minimum atomic E-state index is -0.0791. The Labute approximate surface area is 124 Å². The van der Waals surface area contributed by atoms with E-state index in [1.165, 1.54) is 11.8 Å². The minimum Gasteiger partial charge on any atom is -0.390 e. The first-order valence-electron chi connectivity index (χ1n) is 6.41. The van der Waals surface area contributed by atoms with Crippen molar-refractivity contribution in [2.75, 3.05) is 0 Å². The van der Waals surface area contributed by atoms with E-state index in [0.717, 1.165) is 27.2 Å². The number of aromatic nitrogens is 5. The van der Waals surface area contributed by atoms with Crippen LogP contribution in [0.15, 0.2) is 59.0 Å². The van der Waals surface area contributed by atoms with Crippen molar-refractivity contribution in [1.82, 2.24) is 24.0 Å². The van der Waals surface area contributed by atoms with Gasteiger partial charge in [-0.3, -0.25) is 4.40 Å². The summed E-state index contributed by atoms with van der Waals surface area (Å²) in [6.45, 7) is -0.0791. The van der Waals surface area contributed by atoms with Crippen molar-refractivity contribution in [3.63, 3.8) is 0 Å². The number of hydrogen-bond donors (Lipinski definition) is 1. The maximum atomic E-state index is 9.63. The molecule has 104 valence electrons. The second-order valence-electron chi connectivity index (χ2n) is 4.46. The number of nitrogens with zero attached hydrogens (tertiary/aromatic N) is 5. The van der Waals surface area contributed by atoms with Crippen LogP contribution >= 0.6 is 11.8 Å². The summed E-state index contributed by atoms with van der Waals surface area (Å²) >= 11 is 1.40. The molecule has 6 nitrogen and oxygen atoms in total. The van der Waals surface area contributed by atoms with Crippen molar-refractivity contribution in [2.45, 2.75) is 16.8 Å². The van der Waals surface area contributed by atoms with Gasteiger partial charge in [-0.1, -0.05) is 12.1 Å². The molecule has 0 fully saturated rings. The molecule has 0 atom stereocenters. The molecule has 7 heteroatoms. The van der Waals surface area contributed by atoms with E-state index in [1.54, 1.807) is 0 Å². The Morgan fingerprint density at radius 3 is 2.52 bits per heavy atom. The third-order valence-electron chi connectivity index (χ3n) is 3.21. The molecule has 0 spiro atoms. The van der Waals surface area contributed by atoms with Gasteiger partial charge < -0.3 is 9.51 Å². The molecule has 0 saturated carbocycles. The monoisotopic (exact) mass is 297 g/mol. The van der Waals surface area contributed by atoms with Gasteiger partial charge in [-0.2, -0.15) is 0 Å². The molecule has 0 radical (unpaired) electrons. The molecular weight excluding hydrogens is 286 g/mol. The van der Waals surface area contributed by atoms with Crippen LogP contribution in [0.5, 0.6) is 0 Å². The summed E-state index contributed by atoms with van der Waals surface area (Å²) in [5.41, 5.74) is 2.34. The Morgan fingerprint density at radius 2 is 1.71 bits per heavy atom. The molecule has 21 heavy (non-hydrogen) atoms. The number of rotatable bonds is 3. The Morgan fingerprint density at radius 1 is 0.952 bits per heavy atom. The molecule has 1 N–H and O–H groups in total. The number of pyridine rings is 2. The summed E-state index contributed by atoms with van der Waals surface area (Å²) in [4.78, 5) is 4.55. The maximum Gasteiger partial charge on any atom is 0.201 e. The topological polar surface area (TPSA) is 67.7 Å². The van der Waals surface area contributed by atoms with Gasteiger partial charge in [0.1, 0.15) is 10.7 Å². The van der Waals surface area contributed by atoms with Crippen LogP contribution in [0.4, 0.5) is 0 Å². The Balaban J connectivity index is 1.84. The third kappa shape index (κ3) is 1.98. The summed E-state index contributed by atoms with van der Waals surface area (Å²) in [6.07, 6.45) is 3.80. The smallest absolute Gasteiger partial charge is 0.201 e. The SMILES string of the molecule is OCc1c(Sc2nnc3ccccn23)nc2ccccn12. The van der Waals surface area contributed by atoms with E-state index in [-0.39, 0.29) is 6.61 Å². The molecule has 4 rings (SSSR count). The van der Waals surface area contributed by atoms with E-state index in [2.05, 4.69) is 15.2 Å². The minimum absolute atomic E-state index is 0.0791. The average Bonchev–Trinajstić information content (AvgIpc) is 3.09. The summed E-state index contributed by atoms with van der Waals surface area (Å²) in [5, 5.41) is 19.4. The summed E-state index contributed by atoms with van der Waals surface area (Å²) < 4.78 is 3.78. The first-order chi connectivity index (χ1) is 10.4. The van der Waals surface area contributed by atoms with Crippen LogP contribution in [0.3, 0.4) is 0 Å². The molecule has 4 aromatic heterocycles. The molecule has 0 saturated heterocycles. The van der Waals surface area contributed by atoms with Crippen molar-refractivity contribution < 1.29 is 5.11 Å².